The Hall–Kier alpha value is -2.20. The van der Waals surface area contributed by atoms with E-state index in [1.807, 2.05) is 13.8 Å². The van der Waals surface area contributed by atoms with Crippen LogP contribution >= 0.6 is 0 Å². The van der Waals surface area contributed by atoms with Crippen molar-refractivity contribution in [1.29, 1.82) is 0 Å². The largest absolute Gasteiger partial charge is 0.361 e. The lowest BCUT2D eigenvalue weighted by atomic mass is 9.79. The Bertz CT molecular complexity index is 1120. The molecule has 0 fully saturated rings. The lowest BCUT2D eigenvalue weighted by Gasteiger charge is -2.41. The third kappa shape index (κ3) is 4.41. The molecule has 9 heteroatoms. The molecular weight excluding hydrogens is 414 g/mol. The summed E-state index contributed by atoms with van der Waals surface area (Å²) in [4.78, 5) is 19.1. The molecule has 2 aromatic rings. The Morgan fingerprint density at radius 2 is 2.10 bits per heavy atom. The molecule has 168 valence electrons. The van der Waals surface area contributed by atoms with E-state index >= 15 is 0 Å². The minimum Gasteiger partial charge on any atom is -0.361 e. The number of hydrogen-bond acceptors (Lipinski definition) is 5. The van der Waals surface area contributed by atoms with E-state index in [4.69, 9.17) is 0 Å². The van der Waals surface area contributed by atoms with Crippen LogP contribution in [-0.4, -0.2) is 74.2 Å². The summed E-state index contributed by atoms with van der Waals surface area (Å²) in [5.74, 6) is -0.274. The van der Waals surface area contributed by atoms with Gasteiger partial charge in [-0.1, -0.05) is 18.2 Å². The van der Waals surface area contributed by atoms with Crippen molar-refractivity contribution in [3.05, 3.63) is 41.6 Å². The lowest BCUT2D eigenvalue weighted by Crippen LogP contribution is -2.54. The molecule has 1 aromatic carbocycles. The quantitative estimate of drug-likeness (QED) is 0.441. The van der Waals surface area contributed by atoms with Crippen molar-refractivity contribution in [2.24, 2.45) is 5.92 Å². The van der Waals surface area contributed by atoms with Gasteiger partial charge in [0.25, 0.3) is 0 Å². The normalized spacial score (nSPS) is 21.3. The minimum absolute atomic E-state index is 0.000744. The molecule has 1 aromatic heterocycles. The highest BCUT2D eigenvalue weighted by molar-refractivity contribution is 7.88. The number of nitrogens with zero attached hydrogens (tertiary/aromatic N) is 2. The highest BCUT2D eigenvalue weighted by Crippen LogP contribution is 2.40. The summed E-state index contributed by atoms with van der Waals surface area (Å²) < 4.78 is 25.0. The fourth-order valence-corrected chi connectivity index (χ4v) is 5.18. The number of amides is 1. The molecule has 1 aliphatic heterocycles. The zero-order valence-corrected chi connectivity index (χ0v) is 19.3. The second kappa shape index (κ2) is 8.38. The number of aromatic amines is 1. The Morgan fingerprint density at radius 1 is 1.32 bits per heavy atom. The van der Waals surface area contributed by atoms with Crippen LogP contribution in [-0.2, 0) is 21.2 Å². The minimum atomic E-state index is -3.25. The molecule has 2 atom stereocenters. The number of carbonyl (C=O) groups is 1. The standard InChI is InChI=1S/C22H31N5O3S/c1-14(2)27(24-8-9-25-31(4,29)30)22(28)16-10-18-17-6-5-7-19-21(17)15(12-23-19)11-20(18)26(3)13-16/h5-7,10,12,14,16,20,23-25H,8-9,11,13H2,1-4H3/t16-,20-/m1/s1. The summed E-state index contributed by atoms with van der Waals surface area (Å²) in [5, 5.41) is 2.89. The average molecular weight is 446 g/mol. The molecule has 0 unspecified atom stereocenters. The number of sulfonamides is 1. The van der Waals surface area contributed by atoms with E-state index in [0.717, 1.165) is 18.2 Å². The van der Waals surface area contributed by atoms with Crippen molar-refractivity contribution in [2.75, 3.05) is 32.9 Å². The van der Waals surface area contributed by atoms with Gasteiger partial charge in [0.1, 0.15) is 0 Å². The SMILES string of the molecule is CC(C)N(NCCNS(C)(=O)=O)C(=O)[C@@H]1C=C2c3cccc4[nH]cc(c34)C[C@H]2N(C)C1. The Balaban J connectivity index is 1.57. The number of hydrogen-bond donors (Lipinski definition) is 3. The highest BCUT2D eigenvalue weighted by Gasteiger charge is 2.37. The number of nitrogens with one attached hydrogen (secondary N) is 3. The van der Waals surface area contributed by atoms with E-state index in [9.17, 15) is 13.2 Å². The first-order valence-corrected chi connectivity index (χ1v) is 12.6. The van der Waals surface area contributed by atoms with Crippen LogP contribution in [0.5, 0.6) is 0 Å². The molecule has 31 heavy (non-hydrogen) atoms. The molecule has 0 spiro atoms. The molecule has 0 radical (unpaired) electrons. The first-order valence-electron chi connectivity index (χ1n) is 10.7. The first-order chi connectivity index (χ1) is 14.7. The van der Waals surface area contributed by atoms with Gasteiger partial charge in [-0.05, 0) is 50.1 Å². The van der Waals surface area contributed by atoms with Gasteiger partial charge in [-0.2, -0.15) is 0 Å². The maximum Gasteiger partial charge on any atom is 0.245 e. The number of likely N-dealkylation sites (N-methyl/N-ethyl adjacent to an activating group) is 1. The maximum atomic E-state index is 13.4. The number of aromatic nitrogens is 1. The summed E-state index contributed by atoms with van der Waals surface area (Å²) in [6.45, 7) is 5.11. The van der Waals surface area contributed by atoms with Crippen molar-refractivity contribution < 1.29 is 13.2 Å². The Kier molecular flexibility index (Phi) is 5.95. The van der Waals surface area contributed by atoms with Crippen LogP contribution < -0.4 is 10.1 Å². The van der Waals surface area contributed by atoms with Crippen molar-refractivity contribution in [3.63, 3.8) is 0 Å². The van der Waals surface area contributed by atoms with Crippen LogP contribution in [0.1, 0.15) is 25.0 Å². The predicted molar refractivity (Wildman–Crippen MR) is 123 cm³/mol. The van der Waals surface area contributed by atoms with E-state index in [1.165, 1.54) is 22.1 Å². The second-order valence-corrected chi connectivity index (χ2v) is 10.6. The summed E-state index contributed by atoms with van der Waals surface area (Å²) in [6, 6.07) is 6.50. The van der Waals surface area contributed by atoms with Crippen LogP contribution in [0.25, 0.3) is 16.5 Å². The van der Waals surface area contributed by atoms with Crippen LogP contribution in [0.2, 0.25) is 0 Å². The summed E-state index contributed by atoms with van der Waals surface area (Å²) >= 11 is 0. The Morgan fingerprint density at radius 3 is 2.81 bits per heavy atom. The van der Waals surface area contributed by atoms with Crippen molar-refractivity contribution >= 4 is 32.4 Å². The van der Waals surface area contributed by atoms with Gasteiger partial charge in [-0.15, -0.1) is 0 Å². The molecule has 0 saturated heterocycles. The summed E-state index contributed by atoms with van der Waals surface area (Å²) in [5.41, 5.74) is 7.99. The molecule has 2 aliphatic rings. The molecule has 1 aliphatic carbocycles. The van der Waals surface area contributed by atoms with E-state index in [-0.39, 0.29) is 30.5 Å². The van der Waals surface area contributed by atoms with Gasteiger partial charge in [0, 0.05) is 48.8 Å². The van der Waals surface area contributed by atoms with Crippen LogP contribution in [0.4, 0.5) is 0 Å². The maximum absolute atomic E-state index is 13.4. The van der Waals surface area contributed by atoms with Gasteiger partial charge in [-0.3, -0.25) is 14.7 Å². The highest BCUT2D eigenvalue weighted by atomic mass is 32.2. The second-order valence-electron chi connectivity index (χ2n) is 8.81. The van der Waals surface area contributed by atoms with Gasteiger partial charge >= 0.3 is 0 Å². The average Bonchev–Trinajstić information content (AvgIpc) is 3.11. The zero-order chi connectivity index (χ0) is 22.3. The van der Waals surface area contributed by atoms with Gasteiger partial charge in [0.05, 0.1) is 12.2 Å². The molecule has 0 bridgehead atoms. The first kappa shape index (κ1) is 22.0. The fourth-order valence-electron chi connectivity index (χ4n) is 4.71. The molecule has 4 rings (SSSR count). The van der Waals surface area contributed by atoms with Gasteiger partial charge in [0.15, 0.2) is 0 Å². The van der Waals surface area contributed by atoms with E-state index in [2.05, 4.69) is 57.6 Å². The topological polar surface area (TPSA) is 97.5 Å². The number of carbonyl (C=O) groups excluding carboxylic acids is 1. The van der Waals surface area contributed by atoms with Crippen molar-refractivity contribution in [3.8, 4) is 0 Å². The third-order valence-electron chi connectivity index (χ3n) is 6.11. The Labute approximate surface area is 183 Å². The van der Waals surface area contributed by atoms with E-state index in [1.54, 1.807) is 5.01 Å². The number of hydrazine groups is 1. The van der Waals surface area contributed by atoms with E-state index < -0.39 is 10.0 Å². The van der Waals surface area contributed by atoms with Gasteiger partial charge < -0.3 is 4.98 Å². The van der Waals surface area contributed by atoms with Crippen LogP contribution in [0.15, 0.2) is 30.5 Å². The zero-order valence-electron chi connectivity index (χ0n) is 18.5. The molecule has 3 N–H and O–H groups in total. The number of benzene rings is 1. The van der Waals surface area contributed by atoms with Crippen LogP contribution in [0, 0.1) is 5.92 Å². The molecular formula is C22H31N5O3S. The summed E-state index contributed by atoms with van der Waals surface area (Å²) in [6.07, 6.45) is 6.30. The molecule has 8 nitrogen and oxygen atoms in total. The number of rotatable bonds is 7. The molecule has 2 heterocycles. The molecule has 0 saturated carbocycles. The van der Waals surface area contributed by atoms with E-state index in [0.29, 0.717) is 13.1 Å². The number of H-pyrrole nitrogens is 1. The lowest BCUT2D eigenvalue weighted by molar-refractivity contribution is -0.140. The fraction of sp³-hybridized carbons (Fsp3) is 0.500. The van der Waals surface area contributed by atoms with Gasteiger partial charge in [0.2, 0.25) is 15.9 Å². The van der Waals surface area contributed by atoms with Crippen LogP contribution in [0.3, 0.4) is 0 Å². The number of fused-ring (bicyclic) bond motifs is 2. The monoisotopic (exact) mass is 445 g/mol. The smallest absolute Gasteiger partial charge is 0.245 e. The van der Waals surface area contributed by atoms with Crippen molar-refractivity contribution in [2.45, 2.75) is 32.4 Å². The van der Waals surface area contributed by atoms with Crippen molar-refractivity contribution in [1.82, 2.24) is 25.0 Å². The molecule has 1 amide bonds. The predicted octanol–water partition coefficient (Wildman–Crippen LogP) is 1.33. The third-order valence-corrected chi connectivity index (χ3v) is 6.84. The summed E-state index contributed by atoms with van der Waals surface area (Å²) in [7, 11) is -1.17. The van der Waals surface area contributed by atoms with Gasteiger partial charge in [-0.25, -0.2) is 18.6 Å².